The molecule has 1 saturated heterocycles. The van der Waals surface area contributed by atoms with Gasteiger partial charge < -0.3 is 5.11 Å². The maximum Gasteiger partial charge on any atom is 0.267 e. The van der Waals surface area contributed by atoms with Crippen LogP contribution in [0.5, 0.6) is 5.75 Å². The van der Waals surface area contributed by atoms with Gasteiger partial charge in [-0.1, -0.05) is 12.1 Å². The van der Waals surface area contributed by atoms with Crippen LogP contribution in [0.3, 0.4) is 0 Å². The van der Waals surface area contributed by atoms with Gasteiger partial charge in [-0.05, 0) is 55.8 Å². The van der Waals surface area contributed by atoms with Crippen LogP contribution in [0.1, 0.15) is 25.1 Å². The lowest BCUT2D eigenvalue weighted by atomic mass is 10.1. The Balaban J connectivity index is 1.98. The number of aromatic nitrogens is 1. The van der Waals surface area contributed by atoms with Crippen molar-refractivity contribution in [3.05, 3.63) is 45.8 Å². The van der Waals surface area contributed by atoms with E-state index in [-0.39, 0.29) is 11.7 Å². The van der Waals surface area contributed by atoms with Gasteiger partial charge in [0, 0.05) is 11.9 Å². The second-order valence-electron chi connectivity index (χ2n) is 5.32. The fourth-order valence-electron chi connectivity index (χ4n) is 2.32. The molecule has 7 heteroatoms. The maximum absolute atomic E-state index is 12.7. The third-order valence-corrected chi connectivity index (χ3v) is 5.65. The molecule has 1 aromatic heterocycles. The average molecular weight is 359 g/mol. The smallest absolute Gasteiger partial charge is 0.267 e. The van der Waals surface area contributed by atoms with Crippen molar-refractivity contribution < 1.29 is 9.90 Å². The quantitative estimate of drug-likeness (QED) is 0.835. The van der Waals surface area contributed by atoms with Crippen molar-refractivity contribution in [1.82, 2.24) is 9.88 Å². The van der Waals surface area contributed by atoms with Crippen molar-refractivity contribution in [3.8, 4) is 5.75 Å². The Morgan fingerprint density at radius 3 is 2.62 bits per heavy atom. The molecule has 124 valence electrons. The molecule has 1 aliphatic rings. The number of aryl methyl sites for hydroxylation is 1. The molecule has 5 nitrogen and oxygen atoms in total. The molecule has 1 fully saturated rings. The van der Waals surface area contributed by atoms with Crippen LogP contribution >= 0.6 is 23.1 Å². The van der Waals surface area contributed by atoms with E-state index in [9.17, 15) is 9.90 Å². The van der Waals surface area contributed by atoms with Gasteiger partial charge in [0.1, 0.15) is 5.75 Å². The Labute approximate surface area is 148 Å². The molecular weight excluding hydrogens is 342 g/mol. The molecule has 2 aromatic rings. The van der Waals surface area contributed by atoms with E-state index in [1.807, 2.05) is 26.2 Å². The number of hydrogen-bond acceptors (Lipinski definition) is 6. The number of phenolic OH excluding ortho intramolecular Hbond substituents is 1. The summed E-state index contributed by atoms with van der Waals surface area (Å²) in [6.45, 7) is 6.32. The number of carbonyl (C=O) groups excluding carboxylic acids is 1. The highest BCUT2D eigenvalue weighted by atomic mass is 32.2. The lowest BCUT2D eigenvalue weighted by Crippen LogP contribution is -2.28. The fourth-order valence-corrected chi connectivity index (χ4v) is 4.14. The number of amidine groups is 1. The molecule has 1 aromatic carbocycles. The van der Waals surface area contributed by atoms with Gasteiger partial charge >= 0.3 is 0 Å². The van der Waals surface area contributed by atoms with Crippen LogP contribution in [-0.2, 0) is 4.79 Å². The number of aromatic hydroxyl groups is 1. The lowest BCUT2D eigenvalue weighted by molar-refractivity contribution is -0.122. The summed E-state index contributed by atoms with van der Waals surface area (Å²) in [5.74, 6) is 0.165. The molecular formula is C17H17N3O2S2. The zero-order chi connectivity index (χ0) is 17.3. The van der Waals surface area contributed by atoms with E-state index in [1.165, 1.54) is 23.1 Å². The number of phenols is 1. The van der Waals surface area contributed by atoms with Gasteiger partial charge in [-0.15, -0.1) is 11.3 Å². The number of allylic oxidation sites excluding steroid dienone is 1. The van der Waals surface area contributed by atoms with E-state index < -0.39 is 0 Å². The SMILES string of the molecule is CCN1C(=O)/C(=C(\C)c2ccc(O)cc2)S/C1=N/c1nc(C)cs1. The average Bonchev–Trinajstić information content (AvgIpc) is 3.11. The minimum Gasteiger partial charge on any atom is -0.508 e. The number of nitrogens with zero attached hydrogens (tertiary/aromatic N) is 3. The van der Waals surface area contributed by atoms with E-state index in [0.717, 1.165) is 16.8 Å². The Hall–Kier alpha value is -2.12. The number of likely N-dealkylation sites (N-methyl/N-ethyl adjacent to an activating group) is 1. The largest absolute Gasteiger partial charge is 0.508 e. The van der Waals surface area contributed by atoms with Crippen molar-refractivity contribution >= 4 is 44.9 Å². The second kappa shape index (κ2) is 6.78. The molecule has 0 spiro atoms. The molecule has 24 heavy (non-hydrogen) atoms. The first-order chi connectivity index (χ1) is 11.5. The third-order valence-electron chi connectivity index (χ3n) is 3.62. The van der Waals surface area contributed by atoms with Crippen molar-refractivity contribution in [2.75, 3.05) is 6.54 Å². The maximum atomic E-state index is 12.7. The topological polar surface area (TPSA) is 65.8 Å². The van der Waals surface area contributed by atoms with Crippen LogP contribution in [0, 0.1) is 6.92 Å². The van der Waals surface area contributed by atoms with Gasteiger partial charge in [0.2, 0.25) is 5.13 Å². The molecule has 0 bridgehead atoms. The molecule has 3 rings (SSSR count). The first-order valence-corrected chi connectivity index (χ1v) is 9.20. The minimum atomic E-state index is -0.0416. The summed E-state index contributed by atoms with van der Waals surface area (Å²) in [4.78, 5) is 23.9. The highest BCUT2D eigenvalue weighted by molar-refractivity contribution is 8.18. The zero-order valence-corrected chi connectivity index (χ0v) is 15.2. The number of carbonyl (C=O) groups is 1. The first-order valence-electron chi connectivity index (χ1n) is 7.50. The van der Waals surface area contributed by atoms with Crippen molar-refractivity contribution in [2.45, 2.75) is 20.8 Å². The fraction of sp³-hybridized carbons (Fsp3) is 0.235. The van der Waals surface area contributed by atoms with Gasteiger partial charge in [0.15, 0.2) is 5.17 Å². The van der Waals surface area contributed by atoms with Crippen LogP contribution in [0.2, 0.25) is 0 Å². The van der Waals surface area contributed by atoms with Crippen LogP contribution < -0.4 is 0 Å². The monoisotopic (exact) mass is 359 g/mol. The van der Waals surface area contributed by atoms with Crippen LogP contribution in [-0.4, -0.2) is 32.6 Å². The Morgan fingerprint density at radius 2 is 2.04 bits per heavy atom. The summed E-state index contributed by atoms with van der Waals surface area (Å²) in [5.41, 5.74) is 2.71. The number of thioether (sulfide) groups is 1. The van der Waals surface area contributed by atoms with E-state index >= 15 is 0 Å². The van der Waals surface area contributed by atoms with Gasteiger partial charge in [-0.2, -0.15) is 4.99 Å². The Bertz CT molecular complexity index is 838. The number of rotatable bonds is 3. The summed E-state index contributed by atoms with van der Waals surface area (Å²) in [6.07, 6.45) is 0. The highest BCUT2D eigenvalue weighted by Gasteiger charge is 2.34. The minimum absolute atomic E-state index is 0.0416. The van der Waals surface area contributed by atoms with E-state index in [0.29, 0.717) is 21.7 Å². The second-order valence-corrected chi connectivity index (χ2v) is 7.13. The molecule has 0 unspecified atom stereocenters. The zero-order valence-electron chi connectivity index (χ0n) is 13.6. The summed E-state index contributed by atoms with van der Waals surface area (Å²) < 4.78 is 0. The Morgan fingerprint density at radius 1 is 1.33 bits per heavy atom. The number of thiazole rings is 1. The first kappa shape index (κ1) is 16.7. The summed E-state index contributed by atoms with van der Waals surface area (Å²) in [5, 5.41) is 12.7. The molecule has 0 atom stereocenters. The molecule has 0 aliphatic carbocycles. The number of benzene rings is 1. The number of amides is 1. The summed E-state index contributed by atoms with van der Waals surface area (Å²) in [7, 11) is 0. The molecule has 1 aliphatic heterocycles. The predicted octanol–water partition coefficient (Wildman–Crippen LogP) is 4.17. The Kier molecular flexibility index (Phi) is 4.73. The van der Waals surface area contributed by atoms with Gasteiger partial charge in [0.05, 0.1) is 10.6 Å². The molecule has 0 radical (unpaired) electrons. The molecule has 0 saturated carbocycles. The number of aliphatic imine (C=N–C) groups is 1. The summed E-state index contributed by atoms with van der Waals surface area (Å²) in [6, 6.07) is 6.85. The van der Waals surface area contributed by atoms with E-state index in [4.69, 9.17) is 0 Å². The van der Waals surface area contributed by atoms with Crippen LogP contribution in [0.4, 0.5) is 5.13 Å². The summed E-state index contributed by atoms with van der Waals surface area (Å²) >= 11 is 2.84. The highest BCUT2D eigenvalue weighted by Crippen LogP contribution is 2.38. The molecule has 2 heterocycles. The van der Waals surface area contributed by atoms with Crippen molar-refractivity contribution in [3.63, 3.8) is 0 Å². The van der Waals surface area contributed by atoms with E-state index in [1.54, 1.807) is 29.2 Å². The number of hydrogen-bond donors (Lipinski definition) is 1. The normalized spacial score (nSPS) is 18.5. The predicted molar refractivity (Wildman–Crippen MR) is 99.6 cm³/mol. The molecule has 1 N–H and O–H groups in total. The molecule has 1 amide bonds. The van der Waals surface area contributed by atoms with Crippen LogP contribution in [0.25, 0.3) is 5.57 Å². The standard InChI is InChI=1S/C17H17N3O2S2/c1-4-20-15(22)14(11(3)12-5-7-13(21)8-6-12)24-17(20)19-16-18-10(2)9-23-16/h5-9,21H,4H2,1-3H3/b14-11-,19-17+. The third kappa shape index (κ3) is 3.22. The van der Waals surface area contributed by atoms with Gasteiger partial charge in [-0.3, -0.25) is 9.69 Å². The van der Waals surface area contributed by atoms with Crippen molar-refractivity contribution in [1.29, 1.82) is 0 Å². The van der Waals surface area contributed by atoms with E-state index in [2.05, 4.69) is 9.98 Å². The lowest BCUT2D eigenvalue weighted by Gasteiger charge is -2.11. The van der Waals surface area contributed by atoms with Gasteiger partial charge in [0.25, 0.3) is 5.91 Å². The van der Waals surface area contributed by atoms with Gasteiger partial charge in [-0.25, -0.2) is 4.98 Å². The van der Waals surface area contributed by atoms with Crippen LogP contribution in [0.15, 0.2) is 39.5 Å². The van der Waals surface area contributed by atoms with Crippen molar-refractivity contribution in [2.24, 2.45) is 4.99 Å².